The third kappa shape index (κ3) is 1.96. The zero-order valence-corrected chi connectivity index (χ0v) is 7.87. The van der Waals surface area contributed by atoms with Gasteiger partial charge in [0.2, 0.25) is 0 Å². The van der Waals surface area contributed by atoms with Crippen molar-refractivity contribution >= 4 is 5.69 Å². The van der Waals surface area contributed by atoms with Crippen LogP contribution in [0.1, 0.15) is 0 Å². The maximum absolute atomic E-state index is 13.0. The molecular formula is C12H9F2N. The van der Waals surface area contributed by atoms with Crippen LogP contribution in [0, 0.1) is 11.6 Å². The van der Waals surface area contributed by atoms with E-state index in [9.17, 15) is 8.78 Å². The van der Waals surface area contributed by atoms with E-state index in [1.165, 1.54) is 30.3 Å². The molecule has 0 saturated heterocycles. The summed E-state index contributed by atoms with van der Waals surface area (Å²) in [6.45, 7) is 0. The molecule has 2 aromatic rings. The molecule has 0 fully saturated rings. The zero-order valence-electron chi connectivity index (χ0n) is 7.87. The smallest absolute Gasteiger partial charge is 0.123 e. The van der Waals surface area contributed by atoms with E-state index in [1.807, 2.05) is 0 Å². The maximum atomic E-state index is 13.0. The van der Waals surface area contributed by atoms with Crippen LogP contribution in [0.3, 0.4) is 0 Å². The maximum Gasteiger partial charge on any atom is 0.123 e. The molecule has 2 aromatic carbocycles. The Balaban J connectivity index is 2.58. The Labute approximate surface area is 86.2 Å². The Morgan fingerprint density at radius 2 is 1.60 bits per heavy atom. The molecule has 15 heavy (non-hydrogen) atoms. The first-order valence-electron chi connectivity index (χ1n) is 4.48. The molecule has 0 aliphatic rings. The summed E-state index contributed by atoms with van der Waals surface area (Å²) in [6, 6.07) is 9.95. The molecule has 1 nitrogen and oxygen atoms in total. The number of rotatable bonds is 1. The van der Waals surface area contributed by atoms with Gasteiger partial charge in [-0.3, -0.25) is 0 Å². The van der Waals surface area contributed by atoms with Gasteiger partial charge in [0.15, 0.2) is 0 Å². The molecule has 3 heteroatoms. The number of nitrogens with two attached hydrogens (primary N) is 1. The Kier molecular flexibility index (Phi) is 2.37. The van der Waals surface area contributed by atoms with E-state index in [0.717, 1.165) is 0 Å². The molecule has 0 aliphatic carbocycles. The second kappa shape index (κ2) is 3.69. The highest BCUT2D eigenvalue weighted by Gasteiger charge is 2.04. The quantitative estimate of drug-likeness (QED) is 0.711. The van der Waals surface area contributed by atoms with Gasteiger partial charge in [-0.15, -0.1) is 0 Å². The van der Waals surface area contributed by atoms with Gasteiger partial charge in [0.25, 0.3) is 0 Å². The van der Waals surface area contributed by atoms with E-state index in [1.54, 1.807) is 12.1 Å². The minimum absolute atomic E-state index is 0.365. The highest BCUT2D eigenvalue weighted by atomic mass is 19.1. The lowest BCUT2D eigenvalue weighted by molar-refractivity contribution is 0.626. The van der Waals surface area contributed by atoms with Crippen LogP contribution >= 0.6 is 0 Å². The summed E-state index contributed by atoms with van der Waals surface area (Å²) in [5.41, 5.74) is 7.20. The molecule has 0 radical (unpaired) electrons. The summed E-state index contributed by atoms with van der Waals surface area (Å²) in [5.74, 6) is -0.750. The summed E-state index contributed by atoms with van der Waals surface area (Å²) < 4.78 is 25.9. The van der Waals surface area contributed by atoms with Crippen LogP contribution in [-0.4, -0.2) is 0 Å². The highest BCUT2D eigenvalue weighted by molar-refractivity contribution is 5.76. The lowest BCUT2D eigenvalue weighted by Crippen LogP contribution is -1.91. The van der Waals surface area contributed by atoms with E-state index in [0.29, 0.717) is 16.8 Å². The average molecular weight is 205 g/mol. The molecule has 2 N–H and O–H groups in total. The Hall–Kier alpha value is -1.90. The van der Waals surface area contributed by atoms with E-state index in [2.05, 4.69) is 0 Å². The lowest BCUT2D eigenvalue weighted by atomic mass is 10.0. The van der Waals surface area contributed by atoms with E-state index < -0.39 is 0 Å². The molecule has 76 valence electrons. The predicted octanol–water partition coefficient (Wildman–Crippen LogP) is 3.21. The molecule has 0 aliphatic heterocycles. The van der Waals surface area contributed by atoms with Gasteiger partial charge in [0.05, 0.1) is 0 Å². The third-order valence-corrected chi connectivity index (χ3v) is 2.15. The molecule has 0 saturated carbocycles. The van der Waals surface area contributed by atoms with Crippen LogP contribution in [0.25, 0.3) is 11.1 Å². The summed E-state index contributed by atoms with van der Waals surface area (Å²) in [6.07, 6.45) is 0. The van der Waals surface area contributed by atoms with E-state index in [4.69, 9.17) is 5.73 Å². The van der Waals surface area contributed by atoms with Gasteiger partial charge < -0.3 is 5.73 Å². The summed E-state index contributed by atoms with van der Waals surface area (Å²) in [4.78, 5) is 0. The van der Waals surface area contributed by atoms with Crippen molar-refractivity contribution in [3.63, 3.8) is 0 Å². The summed E-state index contributed by atoms with van der Waals surface area (Å²) in [5, 5.41) is 0. The second-order valence-electron chi connectivity index (χ2n) is 3.24. The second-order valence-corrected chi connectivity index (χ2v) is 3.24. The van der Waals surface area contributed by atoms with Gasteiger partial charge in [-0.05, 0) is 35.9 Å². The van der Waals surface area contributed by atoms with E-state index in [-0.39, 0.29) is 11.6 Å². The summed E-state index contributed by atoms with van der Waals surface area (Å²) in [7, 11) is 0. The molecule has 0 amide bonds. The fraction of sp³-hybridized carbons (Fsp3) is 0. The van der Waals surface area contributed by atoms with Crippen LogP contribution in [0.15, 0.2) is 42.5 Å². The number of halogens is 2. The molecule has 2 rings (SSSR count). The standard InChI is InChI=1S/C12H9F2N/c13-9-3-1-2-8(6-9)11-7-10(14)4-5-12(11)15/h1-7H,15H2. The van der Waals surface area contributed by atoms with Crippen LogP contribution < -0.4 is 5.73 Å². The fourth-order valence-corrected chi connectivity index (χ4v) is 1.43. The Morgan fingerprint density at radius 3 is 2.33 bits per heavy atom. The van der Waals surface area contributed by atoms with Gasteiger partial charge in [0, 0.05) is 11.3 Å². The van der Waals surface area contributed by atoms with Gasteiger partial charge in [0.1, 0.15) is 11.6 Å². The van der Waals surface area contributed by atoms with Crippen molar-refractivity contribution < 1.29 is 8.78 Å². The van der Waals surface area contributed by atoms with Crippen molar-refractivity contribution in [2.24, 2.45) is 0 Å². The Bertz CT molecular complexity index is 495. The molecule has 0 bridgehead atoms. The van der Waals surface area contributed by atoms with Crippen LogP contribution in [-0.2, 0) is 0 Å². The van der Waals surface area contributed by atoms with Crippen LogP contribution in [0.5, 0.6) is 0 Å². The van der Waals surface area contributed by atoms with Gasteiger partial charge in [-0.1, -0.05) is 12.1 Å². The average Bonchev–Trinajstić information content (AvgIpc) is 2.22. The monoisotopic (exact) mass is 205 g/mol. The van der Waals surface area contributed by atoms with Crippen LogP contribution in [0.2, 0.25) is 0 Å². The van der Waals surface area contributed by atoms with Gasteiger partial charge in [-0.2, -0.15) is 0 Å². The number of nitrogen functional groups attached to an aromatic ring is 1. The molecule has 0 atom stereocenters. The first kappa shape index (κ1) is 9.65. The van der Waals surface area contributed by atoms with Crippen molar-refractivity contribution in [3.8, 4) is 11.1 Å². The van der Waals surface area contributed by atoms with Gasteiger partial charge in [-0.25, -0.2) is 8.78 Å². The first-order valence-corrected chi connectivity index (χ1v) is 4.48. The zero-order chi connectivity index (χ0) is 10.8. The van der Waals surface area contributed by atoms with Gasteiger partial charge >= 0.3 is 0 Å². The summed E-state index contributed by atoms with van der Waals surface area (Å²) >= 11 is 0. The Morgan fingerprint density at radius 1 is 0.867 bits per heavy atom. The van der Waals surface area contributed by atoms with Crippen molar-refractivity contribution in [3.05, 3.63) is 54.1 Å². The number of hydrogen-bond acceptors (Lipinski definition) is 1. The minimum atomic E-state index is -0.386. The lowest BCUT2D eigenvalue weighted by Gasteiger charge is -2.05. The normalized spacial score (nSPS) is 10.3. The topological polar surface area (TPSA) is 26.0 Å². The van der Waals surface area contributed by atoms with Crippen LogP contribution in [0.4, 0.5) is 14.5 Å². The molecule has 0 unspecified atom stereocenters. The third-order valence-electron chi connectivity index (χ3n) is 2.15. The molecule has 0 spiro atoms. The largest absolute Gasteiger partial charge is 0.398 e. The van der Waals surface area contributed by atoms with Crippen molar-refractivity contribution in [1.29, 1.82) is 0 Å². The van der Waals surface area contributed by atoms with E-state index >= 15 is 0 Å². The highest BCUT2D eigenvalue weighted by Crippen LogP contribution is 2.26. The first-order chi connectivity index (χ1) is 7.16. The number of benzene rings is 2. The SMILES string of the molecule is Nc1ccc(F)cc1-c1cccc(F)c1. The molecule has 0 aromatic heterocycles. The van der Waals surface area contributed by atoms with Crippen molar-refractivity contribution in [2.75, 3.05) is 5.73 Å². The molecule has 0 heterocycles. The predicted molar refractivity (Wildman–Crippen MR) is 56.2 cm³/mol. The number of anilines is 1. The molecular weight excluding hydrogens is 196 g/mol. The van der Waals surface area contributed by atoms with Crippen molar-refractivity contribution in [2.45, 2.75) is 0 Å². The number of hydrogen-bond donors (Lipinski definition) is 1. The van der Waals surface area contributed by atoms with Crippen molar-refractivity contribution in [1.82, 2.24) is 0 Å². The minimum Gasteiger partial charge on any atom is -0.398 e. The fourth-order valence-electron chi connectivity index (χ4n) is 1.43.